The molecule has 0 atom stereocenters. The van der Waals surface area contributed by atoms with Crippen LogP contribution in [0.4, 0.5) is 11.4 Å². The maximum absolute atomic E-state index is 12.1. The first-order valence-electron chi connectivity index (χ1n) is 8.27. The van der Waals surface area contributed by atoms with Gasteiger partial charge < -0.3 is 10.6 Å². The number of nitro groups is 2. The highest BCUT2D eigenvalue weighted by molar-refractivity contribution is 5.96. The predicted octanol–water partition coefficient (Wildman–Crippen LogP) is 2.28. The lowest BCUT2D eigenvalue weighted by Crippen LogP contribution is -2.34. The molecule has 0 aliphatic rings. The molecule has 0 saturated carbocycles. The minimum atomic E-state index is -0.562. The number of nitro benzene ring substituents is 2. The molecule has 0 radical (unpaired) electrons. The summed E-state index contributed by atoms with van der Waals surface area (Å²) in [5, 5.41) is 27.0. The molecule has 0 aromatic heterocycles. The molecular formula is C18H18N4O6. The van der Waals surface area contributed by atoms with Crippen molar-refractivity contribution in [3.05, 3.63) is 78.9 Å². The van der Waals surface area contributed by atoms with Gasteiger partial charge in [0.25, 0.3) is 23.2 Å². The highest BCUT2D eigenvalue weighted by Gasteiger charge is 2.16. The molecule has 0 unspecified atom stereocenters. The molecule has 0 aliphatic carbocycles. The number of hydrogen-bond acceptors (Lipinski definition) is 6. The fourth-order valence-corrected chi connectivity index (χ4v) is 2.45. The number of benzene rings is 2. The molecule has 2 amide bonds. The van der Waals surface area contributed by atoms with Gasteiger partial charge in [0, 0.05) is 47.5 Å². The molecule has 0 heterocycles. The molecule has 10 heteroatoms. The van der Waals surface area contributed by atoms with E-state index in [1.54, 1.807) is 13.8 Å². The van der Waals surface area contributed by atoms with Crippen molar-refractivity contribution in [1.82, 2.24) is 10.6 Å². The Morgan fingerprint density at radius 3 is 1.46 bits per heavy atom. The number of aryl methyl sites for hydroxylation is 2. The first-order chi connectivity index (χ1) is 13.2. The minimum Gasteiger partial charge on any atom is -0.350 e. The molecule has 2 aromatic rings. The summed E-state index contributed by atoms with van der Waals surface area (Å²) in [5.41, 5.74) is 0.862. The van der Waals surface area contributed by atoms with Crippen LogP contribution in [-0.2, 0) is 0 Å². The van der Waals surface area contributed by atoms with Crippen molar-refractivity contribution in [2.45, 2.75) is 13.8 Å². The van der Waals surface area contributed by atoms with Crippen molar-refractivity contribution >= 4 is 23.2 Å². The zero-order valence-electron chi connectivity index (χ0n) is 15.2. The average molecular weight is 386 g/mol. The Labute approximate surface area is 159 Å². The zero-order chi connectivity index (χ0) is 20.8. The van der Waals surface area contributed by atoms with Crippen LogP contribution in [0.25, 0.3) is 0 Å². The zero-order valence-corrected chi connectivity index (χ0v) is 15.2. The maximum atomic E-state index is 12.1. The lowest BCUT2D eigenvalue weighted by molar-refractivity contribution is -0.385. The van der Waals surface area contributed by atoms with Crippen molar-refractivity contribution in [3.63, 3.8) is 0 Å². The Morgan fingerprint density at radius 1 is 0.786 bits per heavy atom. The van der Waals surface area contributed by atoms with E-state index < -0.39 is 21.7 Å². The van der Waals surface area contributed by atoms with E-state index in [1.807, 2.05) is 0 Å². The Hall–Kier alpha value is -3.82. The van der Waals surface area contributed by atoms with Gasteiger partial charge in [-0.25, -0.2) is 0 Å². The van der Waals surface area contributed by atoms with Crippen LogP contribution < -0.4 is 10.6 Å². The Balaban J connectivity index is 1.90. The summed E-state index contributed by atoms with van der Waals surface area (Å²) in [6.07, 6.45) is 0. The molecular weight excluding hydrogens is 368 g/mol. The van der Waals surface area contributed by atoms with Gasteiger partial charge in [0.05, 0.1) is 9.85 Å². The van der Waals surface area contributed by atoms with Crippen molar-refractivity contribution < 1.29 is 19.4 Å². The van der Waals surface area contributed by atoms with E-state index in [0.29, 0.717) is 11.1 Å². The SMILES string of the molecule is Cc1ccc(C(=O)NCCNC(=O)c2ccc(C)c([N+](=O)[O-])c2)cc1[N+](=O)[O-]. The van der Waals surface area contributed by atoms with Gasteiger partial charge in [0.2, 0.25) is 0 Å². The lowest BCUT2D eigenvalue weighted by Gasteiger charge is -2.08. The fourth-order valence-electron chi connectivity index (χ4n) is 2.45. The first-order valence-corrected chi connectivity index (χ1v) is 8.27. The van der Waals surface area contributed by atoms with E-state index in [-0.39, 0.29) is 35.6 Å². The van der Waals surface area contributed by atoms with Gasteiger partial charge in [0.1, 0.15) is 0 Å². The van der Waals surface area contributed by atoms with Crippen LogP contribution >= 0.6 is 0 Å². The standard InChI is InChI=1S/C18H18N4O6/c1-11-3-5-13(9-15(11)21(25)26)17(23)19-7-8-20-18(24)14-6-4-12(2)16(10-14)22(27)28/h3-6,9-10H,7-8H2,1-2H3,(H,19,23)(H,20,24). The second-order valence-corrected chi connectivity index (χ2v) is 6.03. The van der Waals surface area contributed by atoms with Gasteiger partial charge in [-0.1, -0.05) is 12.1 Å². The van der Waals surface area contributed by atoms with Gasteiger partial charge in [-0.3, -0.25) is 29.8 Å². The van der Waals surface area contributed by atoms with E-state index in [2.05, 4.69) is 10.6 Å². The third-order valence-electron chi connectivity index (χ3n) is 4.03. The number of rotatable bonds is 7. The highest BCUT2D eigenvalue weighted by Crippen LogP contribution is 2.20. The smallest absolute Gasteiger partial charge is 0.273 e. The number of hydrogen-bond donors (Lipinski definition) is 2. The van der Waals surface area contributed by atoms with Crippen LogP contribution in [0.3, 0.4) is 0 Å². The van der Waals surface area contributed by atoms with Crippen molar-refractivity contribution in [2.75, 3.05) is 13.1 Å². The van der Waals surface area contributed by atoms with E-state index in [0.717, 1.165) is 0 Å². The molecule has 0 spiro atoms. The van der Waals surface area contributed by atoms with Crippen LogP contribution in [0.2, 0.25) is 0 Å². The molecule has 28 heavy (non-hydrogen) atoms. The Kier molecular flexibility index (Phi) is 6.38. The van der Waals surface area contributed by atoms with Gasteiger partial charge in [-0.2, -0.15) is 0 Å². The highest BCUT2D eigenvalue weighted by atomic mass is 16.6. The van der Waals surface area contributed by atoms with Crippen LogP contribution in [0.5, 0.6) is 0 Å². The molecule has 0 saturated heterocycles. The summed E-state index contributed by atoms with van der Waals surface area (Å²) in [4.78, 5) is 44.9. The average Bonchev–Trinajstić information content (AvgIpc) is 2.65. The van der Waals surface area contributed by atoms with Crippen molar-refractivity contribution in [3.8, 4) is 0 Å². The van der Waals surface area contributed by atoms with Gasteiger partial charge in [0.15, 0.2) is 0 Å². The van der Waals surface area contributed by atoms with E-state index in [1.165, 1.54) is 36.4 Å². The first kappa shape index (κ1) is 20.5. The van der Waals surface area contributed by atoms with Gasteiger partial charge in [-0.05, 0) is 26.0 Å². The molecule has 0 aliphatic heterocycles. The third kappa shape index (κ3) is 4.87. The molecule has 2 aromatic carbocycles. The van der Waals surface area contributed by atoms with Crippen LogP contribution in [0, 0.1) is 34.1 Å². The monoisotopic (exact) mass is 386 g/mol. The Morgan fingerprint density at radius 2 is 1.14 bits per heavy atom. The van der Waals surface area contributed by atoms with Crippen molar-refractivity contribution in [2.24, 2.45) is 0 Å². The number of nitrogens with one attached hydrogen (secondary N) is 2. The summed E-state index contributed by atoms with van der Waals surface area (Å²) in [7, 11) is 0. The summed E-state index contributed by atoms with van der Waals surface area (Å²) < 4.78 is 0. The summed E-state index contributed by atoms with van der Waals surface area (Å²) in [5.74, 6) is -1.02. The molecule has 10 nitrogen and oxygen atoms in total. The second-order valence-electron chi connectivity index (χ2n) is 6.03. The van der Waals surface area contributed by atoms with Crippen LogP contribution in [0.15, 0.2) is 36.4 Å². The van der Waals surface area contributed by atoms with Gasteiger partial charge >= 0.3 is 0 Å². The quantitative estimate of drug-likeness (QED) is 0.424. The number of amides is 2. The maximum Gasteiger partial charge on any atom is 0.273 e. The largest absolute Gasteiger partial charge is 0.350 e. The van der Waals surface area contributed by atoms with Crippen LogP contribution in [0.1, 0.15) is 31.8 Å². The fraction of sp³-hybridized carbons (Fsp3) is 0.222. The second kappa shape index (κ2) is 8.71. The van der Waals surface area contributed by atoms with E-state index in [9.17, 15) is 29.8 Å². The molecule has 146 valence electrons. The topological polar surface area (TPSA) is 144 Å². The van der Waals surface area contributed by atoms with Crippen LogP contribution in [-0.4, -0.2) is 34.8 Å². The molecule has 2 rings (SSSR count). The number of carbonyl (C=O) groups excluding carboxylic acids is 2. The Bertz CT molecular complexity index is 880. The van der Waals surface area contributed by atoms with E-state index >= 15 is 0 Å². The van der Waals surface area contributed by atoms with Gasteiger partial charge in [-0.15, -0.1) is 0 Å². The number of carbonyl (C=O) groups is 2. The molecule has 2 N–H and O–H groups in total. The third-order valence-corrected chi connectivity index (χ3v) is 4.03. The lowest BCUT2D eigenvalue weighted by atomic mass is 10.1. The van der Waals surface area contributed by atoms with Crippen molar-refractivity contribution in [1.29, 1.82) is 0 Å². The summed E-state index contributed by atoms with van der Waals surface area (Å²) in [6, 6.07) is 8.30. The predicted molar refractivity (Wildman–Crippen MR) is 100 cm³/mol. The molecule has 0 bridgehead atoms. The van der Waals surface area contributed by atoms with E-state index in [4.69, 9.17) is 0 Å². The number of nitrogens with zero attached hydrogens (tertiary/aromatic N) is 2. The summed E-state index contributed by atoms with van der Waals surface area (Å²) in [6.45, 7) is 3.32. The summed E-state index contributed by atoms with van der Waals surface area (Å²) >= 11 is 0. The normalized spacial score (nSPS) is 10.2. The molecule has 0 fully saturated rings. The minimum absolute atomic E-state index is 0.0835.